The molecule has 0 bridgehead atoms. The average molecular weight is 456 g/mol. The minimum absolute atomic E-state index is 0.275. The van der Waals surface area contributed by atoms with E-state index in [2.05, 4.69) is 37.9 Å². The summed E-state index contributed by atoms with van der Waals surface area (Å²) in [6, 6.07) is 14.7. The highest BCUT2D eigenvalue weighted by molar-refractivity contribution is 5.95. The Labute approximate surface area is 197 Å². The van der Waals surface area contributed by atoms with Gasteiger partial charge in [0.15, 0.2) is 0 Å². The summed E-state index contributed by atoms with van der Waals surface area (Å²) in [6.45, 7) is 5.89. The van der Waals surface area contributed by atoms with Crippen molar-refractivity contribution in [3.05, 3.63) is 59.4 Å². The molecule has 3 aromatic rings. The summed E-state index contributed by atoms with van der Waals surface area (Å²) in [5.41, 5.74) is 4.87. The van der Waals surface area contributed by atoms with Crippen molar-refractivity contribution in [2.75, 3.05) is 55.6 Å². The van der Waals surface area contributed by atoms with E-state index >= 15 is 0 Å². The number of amides is 1. The lowest BCUT2D eigenvalue weighted by atomic mass is 10.0. The molecule has 3 aliphatic rings. The van der Waals surface area contributed by atoms with Gasteiger partial charge in [0.05, 0.1) is 22.8 Å². The smallest absolute Gasteiger partial charge is 0.407 e. The van der Waals surface area contributed by atoms with Crippen molar-refractivity contribution < 1.29 is 9.90 Å². The number of anilines is 2. The van der Waals surface area contributed by atoms with Gasteiger partial charge >= 0.3 is 6.09 Å². The molecule has 2 aromatic heterocycles. The first-order chi connectivity index (χ1) is 16.6. The van der Waals surface area contributed by atoms with Gasteiger partial charge in [-0.2, -0.15) is 5.26 Å². The molecule has 5 heterocycles. The lowest BCUT2D eigenvalue weighted by molar-refractivity contribution is 0.142. The molecule has 6 rings (SSSR count). The van der Waals surface area contributed by atoms with Crippen LogP contribution >= 0.6 is 0 Å². The van der Waals surface area contributed by atoms with Gasteiger partial charge in [-0.25, -0.2) is 9.78 Å². The summed E-state index contributed by atoms with van der Waals surface area (Å²) < 4.78 is 0. The summed E-state index contributed by atoms with van der Waals surface area (Å²) >= 11 is 0. The fraction of sp³-hybridized carbons (Fsp3) is 0.360. The molecule has 1 amide bonds. The Morgan fingerprint density at radius 2 is 1.85 bits per heavy atom. The number of hydrogen-bond donors (Lipinski definition) is 1. The number of hydrogen-bond acceptors (Lipinski definition) is 7. The molecule has 34 heavy (non-hydrogen) atoms. The molecular formula is C25H25N7O2. The molecule has 3 aliphatic heterocycles. The summed E-state index contributed by atoms with van der Waals surface area (Å²) in [7, 11) is 0. The van der Waals surface area contributed by atoms with E-state index in [0.717, 1.165) is 54.3 Å². The highest BCUT2D eigenvalue weighted by Crippen LogP contribution is 2.39. The number of nitrogens with zero attached hydrogens (tertiary/aromatic N) is 7. The normalized spacial score (nSPS) is 20.2. The maximum atomic E-state index is 11.2. The molecule has 1 N–H and O–H groups in total. The Bertz CT molecular complexity index is 1310. The summed E-state index contributed by atoms with van der Waals surface area (Å²) in [5.74, 6) is 0.935. The fourth-order valence-corrected chi connectivity index (χ4v) is 5.47. The van der Waals surface area contributed by atoms with E-state index in [1.165, 1.54) is 10.5 Å². The number of carboxylic acid groups (broad SMARTS) is 1. The zero-order valence-electron chi connectivity index (χ0n) is 18.8. The van der Waals surface area contributed by atoms with Crippen LogP contribution in [0.1, 0.15) is 22.9 Å². The summed E-state index contributed by atoms with van der Waals surface area (Å²) in [5, 5.41) is 19.7. The van der Waals surface area contributed by atoms with E-state index in [4.69, 9.17) is 4.98 Å². The van der Waals surface area contributed by atoms with Gasteiger partial charge in [0.25, 0.3) is 0 Å². The molecule has 0 saturated carbocycles. The van der Waals surface area contributed by atoms with E-state index in [9.17, 15) is 15.2 Å². The second-order valence-corrected chi connectivity index (χ2v) is 9.04. The SMILES string of the molecule is N#Cc1ccc(N2CCN3Cc4nc(N5CCN(C(=O)O)CC5)ccc4C3C2)c2cccnc12. The summed E-state index contributed by atoms with van der Waals surface area (Å²) in [6.07, 6.45) is 0.886. The molecule has 1 atom stereocenters. The quantitative estimate of drug-likeness (QED) is 0.630. The predicted octanol–water partition coefficient (Wildman–Crippen LogP) is 2.68. The molecule has 2 fully saturated rings. The van der Waals surface area contributed by atoms with E-state index in [-0.39, 0.29) is 6.04 Å². The third-order valence-corrected chi connectivity index (χ3v) is 7.28. The molecular weight excluding hydrogens is 430 g/mol. The first-order valence-electron chi connectivity index (χ1n) is 11.6. The third kappa shape index (κ3) is 3.38. The van der Waals surface area contributed by atoms with Gasteiger partial charge in [-0.1, -0.05) is 6.07 Å². The van der Waals surface area contributed by atoms with Crippen LogP contribution in [0, 0.1) is 11.3 Å². The van der Waals surface area contributed by atoms with Crippen molar-refractivity contribution in [1.82, 2.24) is 19.8 Å². The van der Waals surface area contributed by atoms with Crippen LogP contribution in [-0.2, 0) is 6.54 Å². The van der Waals surface area contributed by atoms with Crippen LogP contribution in [0.2, 0.25) is 0 Å². The Balaban J connectivity index is 1.24. The number of benzene rings is 1. The monoisotopic (exact) mass is 455 g/mol. The van der Waals surface area contributed by atoms with Crippen molar-refractivity contribution in [3.63, 3.8) is 0 Å². The molecule has 0 spiro atoms. The van der Waals surface area contributed by atoms with Gasteiger partial charge < -0.3 is 19.8 Å². The number of carbonyl (C=O) groups is 1. The number of rotatable bonds is 2. The van der Waals surface area contributed by atoms with Crippen molar-refractivity contribution in [3.8, 4) is 6.07 Å². The Kier molecular flexibility index (Phi) is 4.96. The van der Waals surface area contributed by atoms with Gasteiger partial charge in [-0.15, -0.1) is 0 Å². The zero-order chi connectivity index (χ0) is 23.2. The van der Waals surface area contributed by atoms with E-state index in [1.54, 1.807) is 6.20 Å². The molecule has 1 unspecified atom stereocenters. The van der Waals surface area contributed by atoms with Crippen molar-refractivity contribution in [1.29, 1.82) is 5.26 Å². The van der Waals surface area contributed by atoms with Crippen molar-refractivity contribution in [2.24, 2.45) is 0 Å². The van der Waals surface area contributed by atoms with Crippen molar-refractivity contribution in [2.45, 2.75) is 12.6 Å². The van der Waals surface area contributed by atoms with Crippen LogP contribution < -0.4 is 9.80 Å². The molecule has 1 aromatic carbocycles. The number of fused-ring (bicyclic) bond motifs is 4. The van der Waals surface area contributed by atoms with Gasteiger partial charge in [-0.3, -0.25) is 9.88 Å². The van der Waals surface area contributed by atoms with E-state index in [1.807, 2.05) is 24.3 Å². The second-order valence-electron chi connectivity index (χ2n) is 9.04. The molecule has 2 saturated heterocycles. The van der Waals surface area contributed by atoms with Crippen LogP contribution in [0.15, 0.2) is 42.6 Å². The van der Waals surface area contributed by atoms with E-state index < -0.39 is 6.09 Å². The fourth-order valence-electron chi connectivity index (χ4n) is 5.47. The lowest BCUT2D eigenvalue weighted by Crippen LogP contribution is -2.48. The summed E-state index contributed by atoms with van der Waals surface area (Å²) in [4.78, 5) is 29.2. The Hall–Kier alpha value is -3.90. The number of pyridine rings is 2. The molecule has 9 heteroatoms. The van der Waals surface area contributed by atoms with Crippen LogP contribution in [0.5, 0.6) is 0 Å². The lowest BCUT2D eigenvalue weighted by Gasteiger charge is -2.39. The highest BCUT2D eigenvalue weighted by atomic mass is 16.4. The number of piperazine rings is 2. The first kappa shape index (κ1) is 20.7. The maximum absolute atomic E-state index is 11.2. The van der Waals surface area contributed by atoms with Crippen molar-refractivity contribution >= 4 is 28.5 Å². The minimum Gasteiger partial charge on any atom is -0.465 e. The first-order valence-corrected chi connectivity index (χ1v) is 11.6. The third-order valence-electron chi connectivity index (χ3n) is 7.28. The van der Waals surface area contributed by atoms with Crippen LogP contribution in [-0.4, -0.2) is 76.8 Å². The van der Waals surface area contributed by atoms with Crippen LogP contribution in [0.25, 0.3) is 10.9 Å². The van der Waals surface area contributed by atoms with E-state index in [0.29, 0.717) is 31.7 Å². The molecule has 0 radical (unpaired) electrons. The zero-order valence-corrected chi connectivity index (χ0v) is 18.8. The number of aromatic nitrogens is 2. The van der Waals surface area contributed by atoms with Gasteiger partial charge in [0.1, 0.15) is 11.9 Å². The standard InChI is InChI=1S/C25H25N7O2/c26-14-17-3-5-21(19-2-1-7-27-24(17)19)32-13-12-31-15-20-18(22(31)16-32)4-6-23(28-20)29-8-10-30(11-9-29)25(33)34/h1-7,22H,8-13,15-16H2,(H,33,34). The Morgan fingerprint density at radius 1 is 1.03 bits per heavy atom. The van der Waals surface area contributed by atoms with Gasteiger partial charge in [0.2, 0.25) is 0 Å². The second kappa shape index (κ2) is 8.15. The largest absolute Gasteiger partial charge is 0.465 e. The molecule has 0 aliphatic carbocycles. The number of nitriles is 1. The molecule has 172 valence electrons. The van der Waals surface area contributed by atoms with Gasteiger partial charge in [0, 0.05) is 69.6 Å². The average Bonchev–Trinajstić information content (AvgIpc) is 3.25. The van der Waals surface area contributed by atoms with Crippen LogP contribution in [0.4, 0.5) is 16.3 Å². The van der Waals surface area contributed by atoms with Crippen LogP contribution in [0.3, 0.4) is 0 Å². The topological polar surface area (TPSA) is 99.8 Å². The highest BCUT2D eigenvalue weighted by Gasteiger charge is 2.37. The minimum atomic E-state index is -0.853. The Morgan fingerprint density at radius 3 is 2.65 bits per heavy atom. The van der Waals surface area contributed by atoms with Gasteiger partial charge in [-0.05, 0) is 35.9 Å². The predicted molar refractivity (Wildman–Crippen MR) is 128 cm³/mol. The maximum Gasteiger partial charge on any atom is 0.407 e. The molecule has 9 nitrogen and oxygen atoms in total.